The topological polar surface area (TPSA) is 65.0 Å². The van der Waals surface area contributed by atoms with E-state index in [0.717, 1.165) is 5.56 Å². The van der Waals surface area contributed by atoms with Gasteiger partial charge in [-0.2, -0.15) is 0 Å². The number of phenols is 1. The van der Waals surface area contributed by atoms with E-state index in [1.165, 1.54) is 26.4 Å². The van der Waals surface area contributed by atoms with Crippen LogP contribution in [0.3, 0.4) is 0 Å². The predicted molar refractivity (Wildman–Crippen MR) is 76.8 cm³/mol. The van der Waals surface area contributed by atoms with E-state index in [-0.39, 0.29) is 29.4 Å². The van der Waals surface area contributed by atoms with Crippen molar-refractivity contribution < 1.29 is 24.1 Å². The molecule has 0 aromatic heterocycles. The summed E-state index contributed by atoms with van der Waals surface area (Å²) in [6.45, 7) is 0.280. The van der Waals surface area contributed by atoms with Gasteiger partial charge in [-0.05, 0) is 17.7 Å². The minimum Gasteiger partial charge on any atom is -0.504 e. The van der Waals surface area contributed by atoms with Gasteiger partial charge in [-0.3, -0.25) is 0 Å². The van der Waals surface area contributed by atoms with Gasteiger partial charge in [0.05, 0.1) is 19.8 Å². The first-order valence-corrected chi connectivity index (χ1v) is 6.31. The lowest BCUT2D eigenvalue weighted by Gasteiger charge is -2.13. The normalized spacial score (nSPS) is 10.0. The maximum absolute atomic E-state index is 11.5. The van der Waals surface area contributed by atoms with Crippen molar-refractivity contribution in [2.75, 3.05) is 14.2 Å². The number of hydrogen-bond donors (Lipinski definition) is 1. The molecule has 0 saturated heterocycles. The average molecular weight is 288 g/mol. The van der Waals surface area contributed by atoms with Crippen LogP contribution in [0.1, 0.15) is 15.9 Å². The molecule has 2 rings (SSSR count). The second-order valence-electron chi connectivity index (χ2n) is 4.29. The summed E-state index contributed by atoms with van der Waals surface area (Å²) in [6.07, 6.45) is 0. The van der Waals surface area contributed by atoms with Crippen LogP contribution in [0, 0.1) is 0 Å². The summed E-state index contributed by atoms with van der Waals surface area (Å²) < 4.78 is 15.4. The summed E-state index contributed by atoms with van der Waals surface area (Å²) in [5.74, 6) is -0.274. The minimum absolute atomic E-state index is 0.175. The smallest absolute Gasteiger partial charge is 0.338 e. The zero-order chi connectivity index (χ0) is 15.2. The number of carbonyl (C=O) groups is 1. The first-order chi connectivity index (χ1) is 10.2. The van der Waals surface area contributed by atoms with Crippen molar-refractivity contribution >= 4 is 5.97 Å². The van der Waals surface area contributed by atoms with Crippen molar-refractivity contribution in [2.24, 2.45) is 0 Å². The van der Waals surface area contributed by atoms with Crippen LogP contribution in [-0.2, 0) is 11.3 Å². The van der Waals surface area contributed by atoms with Gasteiger partial charge in [0, 0.05) is 0 Å². The molecule has 5 nitrogen and oxygen atoms in total. The van der Waals surface area contributed by atoms with E-state index in [2.05, 4.69) is 4.74 Å². The van der Waals surface area contributed by atoms with E-state index in [1.807, 2.05) is 30.3 Å². The van der Waals surface area contributed by atoms with Gasteiger partial charge in [0.25, 0.3) is 0 Å². The van der Waals surface area contributed by atoms with Gasteiger partial charge in [-0.25, -0.2) is 4.79 Å². The Hall–Kier alpha value is -2.69. The van der Waals surface area contributed by atoms with E-state index in [4.69, 9.17) is 9.47 Å². The molecule has 0 unspecified atom stereocenters. The Balaban J connectivity index is 2.24. The van der Waals surface area contributed by atoms with E-state index < -0.39 is 5.97 Å². The van der Waals surface area contributed by atoms with Crippen LogP contribution in [0.2, 0.25) is 0 Å². The van der Waals surface area contributed by atoms with Gasteiger partial charge < -0.3 is 19.3 Å². The lowest BCUT2D eigenvalue weighted by Crippen LogP contribution is -2.03. The van der Waals surface area contributed by atoms with Crippen molar-refractivity contribution in [3.8, 4) is 17.2 Å². The van der Waals surface area contributed by atoms with Gasteiger partial charge in [0.2, 0.25) is 5.75 Å². The van der Waals surface area contributed by atoms with Crippen LogP contribution in [0.25, 0.3) is 0 Å². The summed E-state index contributed by atoms with van der Waals surface area (Å²) in [4.78, 5) is 11.5. The molecule has 0 amide bonds. The lowest BCUT2D eigenvalue weighted by molar-refractivity contribution is 0.0599. The summed E-state index contributed by atoms with van der Waals surface area (Å²) in [6, 6.07) is 12.3. The molecule has 0 aliphatic carbocycles. The molecule has 21 heavy (non-hydrogen) atoms. The highest BCUT2D eigenvalue weighted by Crippen LogP contribution is 2.38. The van der Waals surface area contributed by atoms with Crippen molar-refractivity contribution in [3.63, 3.8) is 0 Å². The SMILES string of the molecule is COC(=O)c1cc(O)c(OCc2ccccc2)c(OC)c1. The number of esters is 1. The fourth-order valence-corrected chi connectivity index (χ4v) is 1.85. The minimum atomic E-state index is -0.557. The summed E-state index contributed by atoms with van der Waals surface area (Å²) in [5.41, 5.74) is 1.15. The van der Waals surface area contributed by atoms with Crippen LogP contribution in [0.4, 0.5) is 0 Å². The molecular formula is C16H16O5. The van der Waals surface area contributed by atoms with Gasteiger partial charge in [0.1, 0.15) is 6.61 Å². The van der Waals surface area contributed by atoms with Crippen molar-refractivity contribution in [1.29, 1.82) is 0 Å². The molecule has 0 heterocycles. The highest BCUT2D eigenvalue weighted by atomic mass is 16.5. The molecule has 1 N–H and O–H groups in total. The quantitative estimate of drug-likeness (QED) is 0.857. The predicted octanol–water partition coefficient (Wildman–Crippen LogP) is 2.77. The number of rotatable bonds is 5. The summed E-state index contributed by atoms with van der Waals surface area (Å²) >= 11 is 0. The standard InChI is InChI=1S/C16H16O5/c1-19-14-9-12(16(18)20-2)8-13(17)15(14)21-10-11-6-4-3-5-7-11/h3-9,17H,10H2,1-2H3. The van der Waals surface area contributed by atoms with Crippen LogP contribution in [-0.4, -0.2) is 25.3 Å². The molecule has 5 heteroatoms. The van der Waals surface area contributed by atoms with Crippen LogP contribution >= 0.6 is 0 Å². The Morgan fingerprint density at radius 2 is 1.86 bits per heavy atom. The molecule has 0 saturated carbocycles. The Morgan fingerprint density at radius 3 is 2.48 bits per heavy atom. The van der Waals surface area contributed by atoms with Crippen LogP contribution < -0.4 is 9.47 Å². The van der Waals surface area contributed by atoms with E-state index in [1.54, 1.807) is 0 Å². The molecule has 0 fully saturated rings. The fourth-order valence-electron chi connectivity index (χ4n) is 1.85. The second kappa shape index (κ2) is 6.65. The Labute approximate surface area is 122 Å². The lowest BCUT2D eigenvalue weighted by atomic mass is 10.2. The van der Waals surface area contributed by atoms with Gasteiger partial charge >= 0.3 is 5.97 Å². The van der Waals surface area contributed by atoms with Gasteiger partial charge in [-0.15, -0.1) is 0 Å². The first-order valence-electron chi connectivity index (χ1n) is 6.31. The molecule has 110 valence electrons. The number of methoxy groups -OCH3 is 2. The van der Waals surface area contributed by atoms with Gasteiger partial charge in [-0.1, -0.05) is 30.3 Å². The summed E-state index contributed by atoms with van der Waals surface area (Å²) in [7, 11) is 2.71. The maximum atomic E-state index is 11.5. The zero-order valence-electron chi connectivity index (χ0n) is 11.8. The van der Waals surface area contributed by atoms with E-state index >= 15 is 0 Å². The zero-order valence-corrected chi connectivity index (χ0v) is 11.8. The number of benzene rings is 2. The highest BCUT2D eigenvalue weighted by molar-refractivity contribution is 5.91. The second-order valence-corrected chi connectivity index (χ2v) is 4.29. The van der Waals surface area contributed by atoms with Gasteiger partial charge in [0.15, 0.2) is 11.5 Å². The van der Waals surface area contributed by atoms with Crippen LogP contribution in [0.5, 0.6) is 17.2 Å². The monoisotopic (exact) mass is 288 g/mol. The molecule has 0 atom stereocenters. The van der Waals surface area contributed by atoms with Crippen molar-refractivity contribution in [2.45, 2.75) is 6.61 Å². The van der Waals surface area contributed by atoms with Crippen molar-refractivity contribution in [3.05, 3.63) is 53.6 Å². The van der Waals surface area contributed by atoms with Crippen LogP contribution in [0.15, 0.2) is 42.5 Å². The third-order valence-corrected chi connectivity index (χ3v) is 2.90. The van der Waals surface area contributed by atoms with E-state index in [0.29, 0.717) is 0 Å². The highest BCUT2D eigenvalue weighted by Gasteiger charge is 2.17. The van der Waals surface area contributed by atoms with E-state index in [9.17, 15) is 9.90 Å². The number of hydrogen-bond acceptors (Lipinski definition) is 5. The fraction of sp³-hybridized carbons (Fsp3) is 0.188. The Kier molecular flexibility index (Phi) is 4.66. The number of ether oxygens (including phenoxy) is 3. The summed E-state index contributed by atoms with van der Waals surface area (Å²) in [5, 5.41) is 10.0. The molecule has 0 aliphatic heterocycles. The average Bonchev–Trinajstić information content (AvgIpc) is 2.53. The largest absolute Gasteiger partial charge is 0.504 e. The molecule has 2 aromatic carbocycles. The molecule has 0 radical (unpaired) electrons. The third-order valence-electron chi connectivity index (χ3n) is 2.90. The molecular weight excluding hydrogens is 272 g/mol. The van der Waals surface area contributed by atoms with Crippen molar-refractivity contribution in [1.82, 2.24) is 0 Å². The molecule has 2 aromatic rings. The Morgan fingerprint density at radius 1 is 1.14 bits per heavy atom. The number of aromatic hydroxyl groups is 1. The third kappa shape index (κ3) is 3.45. The molecule has 0 spiro atoms. The molecule has 0 bridgehead atoms. The molecule has 0 aliphatic rings. The first kappa shape index (κ1) is 14.7. The number of phenolic OH excluding ortho intramolecular Hbond substituents is 1. The Bertz CT molecular complexity index is 622. The number of carbonyl (C=O) groups excluding carboxylic acids is 1. The maximum Gasteiger partial charge on any atom is 0.338 e.